The SMILES string of the molecule is CC=NCCc1noc(=O)[nH]1. The molecule has 0 radical (unpaired) electrons. The van der Waals surface area contributed by atoms with E-state index in [0.29, 0.717) is 18.8 Å². The van der Waals surface area contributed by atoms with Gasteiger partial charge in [-0.2, -0.15) is 0 Å². The molecule has 0 saturated carbocycles. The molecule has 11 heavy (non-hydrogen) atoms. The molecule has 5 nitrogen and oxygen atoms in total. The topological polar surface area (TPSA) is 71.2 Å². The first-order chi connectivity index (χ1) is 5.33. The van der Waals surface area contributed by atoms with Crippen molar-refractivity contribution in [3.05, 3.63) is 16.4 Å². The van der Waals surface area contributed by atoms with Crippen LogP contribution in [0.25, 0.3) is 0 Å². The van der Waals surface area contributed by atoms with Crippen LogP contribution in [0, 0.1) is 0 Å². The predicted octanol–water partition coefficient (Wildman–Crippen LogP) is -0.00390. The minimum absolute atomic E-state index is 0.513. The standard InChI is InChI=1S/C6H9N3O2/c1-2-7-4-3-5-8-6(10)11-9-5/h2H,3-4H2,1H3,(H,8,9,10). The van der Waals surface area contributed by atoms with Crippen molar-refractivity contribution in [1.29, 1.82) is 0 Å². The van der Waals surface area contributed by atoms with Gasteiger partial charge in [-0.05, 0) is 13.1 Å². The third-order valence-electron chi connectivity index (χ3n) is 1.15. The maximum atomic E-state index is 10.4. The Balaban J connectivity index is 2.45. The van der Waals surface area contributed by atoms with Crippen molar-refractivity contribution in [2.45, 2.75) is 13.3 Å². The maximum absolute atomic E-state index is 10.4. The van der Waals surface area contributed by atoms with Crippen molar-refractivity contribution in [3.63, 3.8) is 0 Å². The summed E-state index contributed by atoms with van der Waals surface area (Å²) >= 11 is 0. The Labute approximate surface area is 63.1 Å². The first-order valence-electron chi connectivity index (χ1n) is 3.32. The number of H-pyrrole nitrogens is 1. The second-order valence-electron chi connectivity index (χ2n) is 1.96. The summed E-state index contributed by atoms with van der Waals surface area (Å²) in [4.78, 5) is 16.8. The summed E-state index contributed by atoms with van der Waals surface area (Å²) < 4.78 is 4.28. The Morgan fingerprint density at radius 1 is 1.82 bits per heavy atom. The van der Waals surface area contributed by atoms with Gasteiger partial charge in [-0.3, -0.25) is 14.5 Å². The molecule has 0 fully saturated rings. The fraction of sp³-hybridized carbons (Fsp3) is 0.500. The number of nitrogens with zero attached hydrogens (tertiary/aromatic N) is 2. The van der Waals surface area contributed by atoms with Crippen LogP contribution in [0.4, 0.5) is 0 Å². The number of nitrogens with one attached hydrogen (secondary N) is 1. The number of aromatic nitrogens is 2. The largest absolute Gasteiger partial charge is 0.438 e. The minimum Gasteiger partial charge on any atom is -0.297 e. The van der Waals surface area contributed by atoms with Crippen LogP contribution in [0.3, 0.4) is 0 Å². The van der Waals surface area contributed by atoms with Gasteiger partial charge in [-0.1, -0.05) is 5.16 Å². The lowest BCUT2D eigenvalue weighted by Crippen LogP contribution is -1.98. The van der Waals surface area contributed by atoms with Crippen molar-refractivity contribution < 1.29 is 4.52 Å². The second-order valence-corrected chi connectivity index (χ2v) is 1.96. The van der Waals surface area contributed by atoms with E-state index >= 15 is 0 Å². The van der Waals surface area contributed by atoms with Crippen LogP contribution >= 0.6 is 0 Å². The van der Waals surface area contributed by atoms with E-state index < -0.39 is 5.76 Å². The summed E-state index contributed by atoms with van der Waals surface area (Å²) in [5, 5.41) is 3.47. The molecule has 0 spiro atoms. The lowest BCUT2D eigenvalue weighted by molar-refractivity contribution is 0.381. The first-order valence-corrected chi connectivity index (χ1v) is 3.32. The number of hydrogen-bond donors (Lipinski definition) is 1. The molecule has 0 aliphatic heterocycles. The molecule has 1 rings (SSSR count). The van der Waals surface area contributed by atoms with E-state index in [2.05, 4.69) is 19.7 Å². The van der Waals surface area contributed by atoms with E-state index in [-0.39, 0.29) is 0 Å². The van der Waals surface area contributed by atoms with Gasteiger partial charge in [0.2, 0.25) is 0 Å². The van der Waals surface area contributed by atoms with Gasteiger partial charge in [0.25, 0.3) is 0 Å². The maximum Gasteiger partial charge on any atom is 0.438 e. The van der Waals surface area contributed by atoms with Crippen molar-refractivity contribution in [2.24, 2.45) is 4.99 Å². The Morgan fingerprint density at radius 3 is 3.18 bits per heavy atom. The molecular formula is C6H9N3O2. The monoisotopic (exact) mass is 155 g/mol. The zero-order chi connectivity index (χ0) is 8.10. The highest BCUT2D eigenvalue weighted by Crippen LogP contribution is 1.85. The second kappa shape index (κ2) is 3.70. The molecule has 1 heterocycles. The summed E-state index contributed by atoms with van der Waals surface area (Å²) in [6.07, 6.45) is 2.31. The van der Waals surface area contributed by atoms with Crippen LogP contribution in [0.15, 0.2) is 14.3 Å². The summed E-state index contributed by atoms with van der Waals surface area (Å²) in [5.41, 5.74) is 0. The molecule has 0 aliphatic carbocycles. The molecule has 1 N–H and O–H groups in total. The van der Waals surface area contributed by atoms with Crippen LogP contribution < -0.4 is 5.76 Å². The van der Waals surface area contributed by atoms with Crippen molar-refractivity contribution in [1.82, 2.24) is 10.1 Å². The van der Waals surface area contributed by atoms with Gasteiger partial charge < -0.3 is 0 Å². The first kappa shape index (κ1) is 7.71. The number of aliphatic imine (C=N–C) groups is 1. The van der Waals surface area contributed by atoms with E-state index in [9.17, 15) is 4.79 Å². The van der Waals surface area contributed by atoms with Crippen molar-refractivity contribution >= 4 is 6.21 Å². The average molecular weight is 155 g/mol. The highest BCUT2D eigenvalue weighted by atomic mass is 16.5. The summed E-state index contributed by atoms with van der Waals surface area (Å²) in [6, 6.07) is 0. The normalized spacial score (nSPS) is 11.0. The Morgan fingerprint density at radius 2 is 2.64 bits per heavy atom. The molecule has 0 aromatic carbocycles. The van der Waals surface area contributed by atoms with Gasteiger partial charge in [0, 0.05) is 13.0 Å². The van der Waals surface area contributed by atoms with Crippen LogP contribution in [0.2, 0.25) is 0 Å². The van der Waals surface area contributed by atoms with Gasteiger partial charge in [-0.15, -0.1) is 0 Å². The molecule has 1 aromatic heterocycles. The van der Waals surface area contributed by atoms with Crippen LogP contribution in [-0.2, 0) is 6.42 Å². The number of rotatable bonds is 3. The quantitative estimate of drug-likeness (QED) is 0.624. The molecule has 5 heteroatoms. The highest BCUT2D eigenvalue weighted by molar-refractivity contribution is 5.53. The molecule has 0 unspecified atom stereocenters. The van der Waals surface area contributed by atoms with Gasteiger partial charge in [0.15, 0.2) is 5.82 Å². The highest BCUT2D eigenvalue weighted by Gasteiger charge is 1.97. The molecule has 0 bridgehead atoms. The van der Waals surface area contributed by atoms with Gasteiger partial charge in [-0.25, -0.2) is 4.79 Å². The van der Waals surface area contributed by atoms with Gasteiger partial charge >= 0.3 is 5.76 Å². The Hall–Kier alpha value is -1.39. The summed E-state index contributed by atoms with van der Waals surface area (Å²) in [5.74, 6) is 0.0288. The van der Waals surface area contributed by atoms with E-state index in [1.54, 1.807) is 6.21 Å². The van der Waals surface area contributed by atoms with Gasteiger partial charge in [0.1, 0.15) is 0 Å². The fourth-order valence-corrected chi connectivity index (χ4v) is 0.668. The fourth-order valence-electron chi connectivity index (χ4n) is 0.668. The van der Waals surface area contributed by atoms with E-state index in [4.69, 9.17) is 0 Å². The zero-order valence-corrected chi connectivity index (χ0v) is 6.20. The van der Waals surface area contributed by atoms with Crippen molar-refractivity contribution in [3.8, 4) is 0 Å². The molecular weight excluding hydrogens is 146 g/mol. The Bertz CT molecular complexity index is 286. The molecule has 0 atom stereocenters. The zero-order valence-electron chi connectivity index (χ0n) is 6.20. The van der Waals surface area contributed by atoms with E-state index in [1.165, 1.54) is 0 Å². The third-order valence-corrected chi connectivity index (χ3v) is 1.15. The summed E-state index contributed by atoms with van der Waals surface area (Å²) in [7, 11) is 0. The van der Waals surface area contributed by atoms with E-state index in [1.807, 2.05) is 6.92 Å². The van der Waals surface area contributed by atoms with Crippen molar-refractivity contribution in [2.75, 3.05) is 6.54 Å². The van der Waals surface area contributed by atoms with Crippen LogP contribution in [0.1, 0.15) is 12.7 Å². The molecule has 1 aromatic rings. The smallest absolute Gasteiger partial charge is 0.297 e. The third kappa shape index (κ3) is 2.37. The predicted molar refractivity (Wildman–Crippen MR) is 39.9 cm³/mol. The molecule has 0 amide bonds. The number of hydrogen-bond acceptors (Lipinski definition) is 4. The van der Waals surface area contributed by atoms with E-state index in [0.717, 1.165) is 0 Å². The van der Waals surface area contributed by atoms with Crippen LogP contribution in [0.5, 0.6) is 0 Å². The van der Waals surface area contributed by atoms with Gasteiger partial charge in [0.05, 0.1) is 0 Å². The van der Waals surface area contributed by atoms with Crippen LogP contribution in [-0.4, -0.2) is 22.9 Å². The molecule has 60 valence electrons. The average Bonchev–Trinajstić information content (AvgIpc) is 2.37. The summed E-state index contributed by atoms with van der Waals surface area (Å²) in [6.45, 7) is 2.46. The number of aromatic amines is 1. The lowest BCUT2D eigenvalue weighted by atomic mass is 10.4. The molecule has 0 aliphatic rings. The Kier molecular flexibility index (Phi) is 2.59. The molecule has 0 saturated heterocycles. The lowest BCUT2D eigenvalue weighted by Gasteiger charge is -1.85. The minimum atomic E-state index is -0.513.